The standard InChI is InChI=1S/C15H24O4/c1-10-4-12-6-11(2)8-18-19-15(12)9-17-14(3,16)7-13(15)5-10/h6,10-11,13,16H,4-5,7-9H2,1-3H3. The fourth-order valence-corrected chi connectivity index (χ4v) is 3.80. The lowest BCUT2D eigenvalue weighted by molar-refractivity contribution is -0.401. The van der Waals surface area contributed by atoms with E-state index in [4.69, 9.17) is 14.5 Å². The predicted octanol–water partition coefficient (Wildman–Crippen LogP) is 2.42. The van der Waals surface area contributed by atoms with Gasteiger partial charge in [-0.05, 0) is 31.3 Å². The molecule has 0 amide bonds. The van der Waals surface area contributed by atoms with Gasteiger partial charge in [-0.1, -0.05) is 19.9 Å². The van der Waals surface area contributed by atoms with Crippen LogP contribution in [0.1, 0.15) is 40.0 Å². The van der Waals surface area contributed by atoms with Gasteiger partial charge in [0.2, 0.25) is 0 Å². The lowest BCUT2D eigenvalue weighted by Gasteiger charge is -2.51. The first-order valence-corrected chi connectivity index (χ1v) is 7.29. The Balaban J connectivity index is 1.97. The van der Waals surface area contributed by atoms with Crippen LogP contribution < -0.4 is 0 Å². The maximum absolute atomic E-state index is 10.2. The normalized spacial score (nSPS) is 50.7. The molecule has 1 aliphatic carbocycles. The van der Waals surface area contributed by atoms with Crippen molar-refractivity contribution in [1.29, 1.82) is 0 Å². The van der Waals surface area contributed by atoms with E-state index < -0.39 is 11.4 Å². The molecule has 1 N–H and O–H groups in total. The topological polar surface area (TPSA) is 47.9 Å². The summed E-state index contributed by atoms with van der Waals surface area (Å²) in [5.74, 6) is 0.200. The molecule has 3 rings (SSSR count). The Morgan fingerprint density at radius 2 is 2.16 bits per heavy atom. The zero-order chi connectivity index (χ0) is 13.7. The van der Waals surface area contributed by atoms with Gasteiger partial charge in [0.05, 0.1) is 13.2 Å². The van der Waals surface area contributed by atoms with Crippen LogP contribution in [0.25, 0.3) is 0 Å². The van der Waals surface area contributed by atoms with Crippen molar-refractivity contribution < 1.29 is 19.6 Å². The molecule has 3 aliphatic rings. The van der Waals surface area contributed by atoms with Crippen LogP contribution in [-0.2, 0) is 14.5 Å². The number of hydrogen-bond acceptors (Lipinski definition) is 4. The molecule has 1 saturated carbocycles. The second-order valence-electron chi connectivity index (χ2n) is 6.84. The molecule has 108 valence electrons. The second-order valence-corrected chi connectivity index (χ2v) is 6.84. The highest BCUT2D eigenvalue weighted by Gasteiger charge is 2.55. The van der Waals surface area contributed by atoms with E-state index >= 15 is 0 Å². The average Bonchev–Trinajstić information content (AvgIpc) is 2.44. The largest absolute Gasteiger partial charge is 0.366 e. The van der Waals surface area contributed by atoms with E-state index in [2.05, 4.69) is 19.9 Å². The molecule has 1 spiro atoms. The van der Waals surface area contributed by atoms with Gasteiger partial charge in [0.1, 0.15) is 0 Å². The van der Waals surface area contributed by atoms with Crippen molar-refractivity contribution in [3.05, 3.63) is 11.6 Å². The summed E-state index contributed by atoms with van der Waals surface area (Å²) in [6.07, 6.45) is 4.98. The molecule has 0 aromatic heterocycles. The Kier molecular flexibility index (Phi) is 3.25. The zero-order valence-electron chi connectivity index (χ0n) is 12.0. The molecular weight excluding hydrogens is 244 g/mol. The van der Waals surface area contributed by atoms with Gasteiger partial charge >= 0.3 is 0 Å². The first-order chi connectivity index (χ1) is 8.91. The maximum atomic E-state index is 10.2. The molecule has 0 aromatic rings. The summed E-state index contributed by atoms with van der Waals surface area (Å²) in [6, 6.07) is 0. The van der Waals surface area contributed by atoms with Crippen molar-refractivity contribution in [2.45, 2.75) is 51.4 Å². The quantitative estimate of drug-likeness (QED) is 0.541. The molecule has 0 aromatic carbocycles. The molecule has 5 unspecified atom stereocenters. The number of rotatable bonds is 0. The van der Waals surface area contributed by atoms with Crippen LogP contribution in [0.3, 0.4) is 0 Å². The summed E-state index contributed by atoms with van der Waals surface area (Å²) in [5.41, 5.74) is 0.830. The molecule has 0 radical (unpaired) electrons. The van der Waals surface area contributed by atoms with E-state index in [1.165, 1.54) is 5.57 Å². The smallest absolute Gasteiger partial charge is 0.163 e. The van der Waals surface area contributed by atoms with Crippen LogP contribution in [0.5, 0.6) is 0 Å². The van der Waals surface area contributed by atoms with Crippen LogP contribution in [0.2, 0.25) is 0 Å². The fraction of sp³-hybridized carbons (Fsp3) is 0.867. The van der Waals surface area contributed by atoms with Crippen LogP contribution in [-0.4, -0.2) is 29.7 Å². The molecule has 2 fully saturated rings. The number of ether oxygens (including phenoxy) is 1. The molecule has 0 bridgehead atoms. The van der Waals surface area contributed by atoms with Gasteiger partial charge in [-0.3, -0.25) is 0 Å². The molecule has 1 saturated heterocycles. The third-order valence-electron chi connectivity index (χ3n) is 4.71. The van der Waals surface area contributed by atoms with Crippen LogP contribution >= 0.6 is 0 Å². The summed E-state index contributed by atoms with van der Waals surface area (Å²) in [7, 11) is 0. The van der Waals surface area contributed by atoms with Crippen molar-refractivity contribution in [1.82, 2.24) is 0 Å². The van der Waals surface area contributed by atoms with Gasteiger partial charge < -0.3 is 9.84 Å². The number of aliphatic hydroxyl groups is 1. The highest BCUT2D eigenvalue weighted by Crippen LogP contribution is 2.51. The zero-order valence-corrected chi connectivity index (χ0v) is 12.0. The molecule has 2 heterocycles. The third-order valence-corrected chi connectivity index (χ3v) is 4.71. The van der Waals surface area contributed by atoms with Crippen LogP contribution in [0, 0.1) is 17.8 Å². The molecule has 4 heteroatoms. The Labute approximate surface area is 114 Å². The summed E-state index contributed by atoms with van der Waals surface area (Å²) in [4.78, 5) is 11.2. The minimum absolute atomic E-state index is 0.261. The van der Waals surface area contributed by atoms with Gasteiger partial charge in [0, 0.05) is 18.3 Å². The monoisotopic (exact) mass is 268 g/mol. The first-order valence-electron chi connectivity index (χ1n) is 7.29. The summed E-state index contributed by atoms with van der Waals surface area (Å²) >= 11 is 0. The average molecular weight is 268 g/mol. The Bertz CT molecular complexity index is 390. The van der Waals surface area contributed by atoms with Crippen LogP contribution in [0.15, 0.2) is 11.6 Å². The Morgan fingerprint density at radius 3 is 2.95 bits per heavy atom. The SMILES string of the molecule is CC1C=C2CC(C)CC3CC(C)(O)OCC23OOC1. The second kappa shape index (κ2) is 4.55. The summed E-state index contributed by atoms with van der Waals surface area (Å²) < 4.78 is 5.63. The highest BCUT2D eigenvalue weighted by atomic mass is 17.2. The van der Waals surface area contributed by atoms with Crippen molar-refractivity contribution in [2.75, 3.05) is 13.2 Å². The molecule has 19 heavy (non-hydrogen) atoms. The van der Waals surface area contributed by atoms with E-state index in [0.717, 1.165) is 12.8 Å². The maximum Gasteiger partial charge on any atom is 0.163 e. The van der Waals surface area contributed by atoms with Gasteiger partial charge in [-0.2, -0.15) is 0 Å². The third kappa shape index (κ3) is 2.35. The van der Waals surface area contributed by atoms with Crippen molar-refractivity contribution in [3.8, 4) is 0 Å². The lowest BCUT2D eigenvalue weighted by Crippen LogP contribution is -2.58. The minimum atomic E-state index is -1.04. The van der Waals surface area contributed by atoms with Crippen molar-refractivity contribution in [3.63, 3.8) is 0 Å². The predicted molar refractivity (Wildman–Crippen MR) is 70.1 cm³/mol. The van der Waals surface area contributed by atoms with E-state index in [-0.39, 0.29) is 5.92 Å². The highest BCUT2D eigenvalue weighted by molar-refractivity contribution is 5.25. The lowest BCUT2D eigenvalue weighted by atomic mass is 9.65. The van der Waals surface area contributed by atoms with Gasteiger partial charge in [-0.25, -0.2) is 9.78 Å². The summed E-state index contributed by atoms with van der Waals surface area (Å²) in [5, 5.41) is 10.2. The summed E-state index contributed by atoms with van der Waals surface area (Å²) in [6.45, 7) is 7.12. The van der Waals surface area contributed by atoms with Crippen LogP contribution in [0.4, 0.5) is 0 Å². The molecule has 4 nitrogen and oxygen atoms in total. The van der Waals surface area contributed by atoms with E-state index in [0.29, 0.717) is 31.5 Å². The van der Waals surface area contributed by atoms with Crippen molar-refractivity contribution >= 4 is 0 Å². The Hall–Kier alpha value is -0.420. The van der Waals surface area contributed by atoms with Gasteiger partial charge in [-0.15, -0.1) is 0 Å². The van der Waals surface area contributed by atoms with E-state index in [1.54, 1.807) is 6.92 Å². The molecule has 2 aliphatic heterocycles. The number of hydrogen-bond donors (Lipinski definition) is 1. The molecule has 5 atom stereocenters. The van der Waals surface area contributed by atoms with Gasteiger partial charge in [0.15, 0.2) is 11.4 Å². The van der Waals surface area contributed by atoms with Gasteiger partial charge in [0.25, 0.3) is 0 Å². The molecular formula is C15H24O4. The minimum Gasteiger partial charge on any atom is -0.366 e. The van der Waals surface area contributed by atoms with E-state index in [9.17, 15) is 5.11 Å². The Morgan fingerprint density at radius 1 is 1.37 bits per heavy atom. The van der Waals surface area contributed by atoms with Crippen molar-refractivity contribution in [2.24, 2.45) is 17.8 Å². The fourth-order valence-electron chi connectivity index (χ4n) is 3.80. The van der Waals surface area contributed by atoms with E-state index in [1.807, 2.05) is 0 Å². The first kappa shape index (κ1) is 13.6.